The van der Waals surface area contributed by atoms with Gasteiger partial charge in [0.25, 0.3) is 0 Å². The molecule has 0 fully saturated rings. The molecule has 0 saturated heterocycles. The lowest BCUT2D eigenvalue weighted by atomic mass is 10.1. The van der Waals surface area contributed by atoms with E-state index < -0.39 is 8.56 Å². The standard InChI is InChI=1S/C25H56N2O2SSi/c1-7-9-10-11-12-13-14-15-16-17-23-31(24-18-25(30)8-2,28-21-19-26(3)4)29-22-20-27(5)6/h25,30H,7-24H2,1-6H3. The fourth-order valence-electron chi connectivity index (χ4n) is 3.76. The van der Waals surface area contributed by atoms with Gasteiger partial charge < -0.3 is 18.7 Å². The molecular formula is C25H56N2O2SSi. The van der Waals surface area contributed by atoms with Crippen LogP contribution >= 0.6 is 12.6 Å². The van der Waals surface area contributed by atoms with Gasteiger partial charge in [-0.25, -0.2) is 0 Å². The molecule has 0 aromatic rings. The Kier molecular flexibility index (Phi) is 21.2. The van der Waals surface area contributed by atoms with Crippen molar-refractivity contribution in [1.82, 2.24) is 9.80 Å². The topological polar surface area (TPSA) is 24.9 Å². The van der Waals surface area contributed by atoms with E-state index in [9.17, 15) is 0 Å². The minimum Gasteiger partial charge on any atom is -0.393 e. The highest BCUT2D eigenvalue weighted by Gasteiger charge is 2.37. The zero-order valence-electron chi connectivity index (χ0n) is 22.0. The maximum absolute atomic E-state index is 6.62. The minimum atomic E-state index is -2.20. The Labute approximate surface area is 202 Å². The molecule has 0 bridgehead atoms. The fourth-order valence-corrected chi connectivity index (χ4v) is 7.54. The van der Waals surface area contributed by atoms with Crippen molar-refractivity contribution in [1.29, 1.82) is 0 Å². The molecule has 6 heteroatoms. The molecule has 31 heavy (non-hydrogen) atoms. The molecule has 0 aromatic carbocycles. The number of rotatable bonds is 23. The second-order valence-electron chi connectivity index (χ2n) is 9.75. The van der Waals surface area contributed by atoms with Gasteiger partial charge in [-0.1, -0.05) is 78.1 Å². The predicted molar refractivity (Wildman–Crippen MR) is 144 cm³/mol. The summed E-state index contributed by atoms with van der Waals surface area (Å²) in [5, 5.41) is 0.453. The molecule has 4 nitrogen and oxygen atoms in total. The Bertz CT molecular complexity index is 373. The highest BCUT2D eigenvalue weighted by molar-refractivity contribution is 7.80. The van der Waals surface area contributed by atoms with Crippen LogP contribution < -0.4 is 0 Å². The smallest absolute Gasteiger partial charge is 0.338 e. The van der Waals surface area contributed by atoms with Crippen LogP contribution in [0, 0.1) is 0 Å². The van der Waals surface area contributed by atoms with Gasteiger partial charge in [0.2, 0.25) is 0 Å². The van der Waals surface area contributed by atoms with E-state index in [0.717, 1.165) is 51.2 Å². The highest BCUT2D eigenvalue weighted by atomic mass is 32.1. The maximum Gasteiger partial charge on any atom is 0.338 e. The third kappa shape index (κ3) is 19.6. The van der Waals surface area contributed by atoms with Crippen molar-refractivity contribution in [3.63, 3.8) is 0 Å². The van der Waals surface area contributed by atoms with Gasteiger partial charge in [-0.05, 0) is 53.1 Å². The molecule has 1 unspecified atom stereocenters. The summed E-state index contributed by atoms with van der Waals surface area (Å²) in [6, 6.07) is 2.21. The fraction of sp³-hybridized carbons (Fsp3) is 1.00. The van der Waals surface area contributed by atoms with E-state index in [1.165, 1.54) is 64.2 Å². The van der Waals surface area contributed by atoms with Crippen LogP contribution in [0.15, 0.2) is 0 Å². The first-order valence-corrected chi connectivity index (χ1v) is 15.9. The number of unbranched alkanes of at least 4 members (excludes halogenated alkanes) is 9. The molecule has 0 spiro atoms. The summed E-state index contributed by atoms with van der Waals surface area (Å²) in [4.78, 5) is 4.40. The van der Waals surface area contributed by atoms with Gasteiger partial charge in [0.05, 0.1) is 0 Å². The first-order valence-electron chi connectivity index (χ1n) is 13.1. The summed E-state index contributed by atoms with van der Waals surface area (Å²) in [5.74, 6) is 0. The molecular weight excluding hydrogens is 420 g/mol. The molecule has 1 atom stereocenters. The summed E-state index contributed by atoms with van der Waals surface area (Å²) < 4.78 is 13.2. The van der Waals surface area contributed by atoms with Crippen molar-refractivity contribution in [2.45, 2.75) is 108 Å². The van der Waals surface area contributed by atoms with Crippen molar-refractivity contribution in [3.05, 3.63) is 0 Å². The van der Waals surface area contributed by atoms with Crippen LogP contribution in [-0.2, 0) is 8.85 Å². The first kappa shape index (κ1) is 31.4. The van der Waals surface area contributed by atoms with Gasteiger partial charge in [0.15, 0.2) is 0 Å². The molecule has 0 N–H and O–H groups in total. The van der Waals surface area contributed by atoms with Gasteiger partial charge in [-0.15, -0.1) is 0 Å². The van der Waals surface area contributed by atoms with Crippen molar-refractivity contribution in [2.24, 2.45) is 0 Å². The summed E-state index contributed by atoms with van der Waals surface area (Å²) in [6.07, 6.45) is 15.9. The van der Waals surface area contributed by atoms with Crippen molar-refractivity contribution < 1.29 is 8.85 Å². The molecule has 0 saturated carbocycles. The van der Waals surface area contributed by atoms with Crippen molar-refractivity contribution in [3.8, 4) is 0 Å². The lowest BCUT2D eigenvalue weighted by Gasteiger charge is -2.33. The van der Waals surface area contributed by atoms with E-state index in [2.05, 4.69) is 51.8 Å². The van der Waals surface area contributed by atoms with Gasteiger partial charge in [0, 0.05) is 31.6 Å². The average Bonchev–Trinajstić information content (AvgIpc) is 2.72. The Balaban J connectivity index is 4.59. The van der Waals surface area contributed by atoms with Crippen molar-refractivity contribution in [2.75, 3.05) is 54.5 Å². The van der Waals surface area contributed by atoms with E-state index >= 15 is 0 Å². The number of nitrogens with zero attached hydrogens (tertiary/aromatic N) is 2. The molecule has 0 aliphatic rings. The highest BCUT2D eigenvalue weighted by Crippen LogP contribution is 2.27. The van der Waals surface area contributed by atoms with E-state index in [-0.39, 0.29) is 0 Å². The zero-order chi connectivity index (χ0) is 23.4. The van der Waals surface area contributed by atoms with Crippen LogP contribution in [0.25, 0.3) is 0 Å². The van der Waals surface area contributed by atoms with E-state index in [0.29, 0.717) is 5.25 Å². The predicted octanol–water partition coefficient (Wildman–Crippen LogP) is 6.60. The van der Waals surface area contributed by atoms with Crippen LogP contribution in [0.4, 0.5) is 0 Å². The van der Waals surface area contributed by atoms with Crippen LogP contribution in [0.3, 0.4) is 0 Å². The molecule has 0 heterocycles. The van der Waals surface area contributed by atoms with Gasteiger partial charge in [-0.2, -0.15) is 12.6 Å². The quantitative estimate of drug-likeness (QED) is 0.102. The van der Waals surface area contributed by atoms with Crippen LogP contribution in [0.2, 0.25) is 12.1 Å². The number of likely N-dealkylation sites (N-methyl/N-ethyl adjacent to an activating group) is 2. The Morgan fingerprint density at radius 1 is 0.677 bits per heavy atom. The normalized spacial score (nSPS) is 13.5. The third-order valence-corrected chi connectivity index (χ3v) is 10.3. The molecule has 0 rings (SSSR count). The second-order valence-corrected chi connectivity index (χ2v) is 13.9. The molecule has 0 aliphatic heterocycles. The summed E-state index contributed by atoms with van der Waals surface area (Å²) in [6.45, 7) is 7.99. The van der Waals surface area contributed by atoms with Crippen LogP contribution in [0.5, 0.6) is 0 Å². The average molecular weight is 477 g/mol. The van der Waals surface area contributed by atoms with E-state index in [1.54, 1.807) is 0 Å². The molecule has 0 aliphatic carbocycles. The Morgan fingerprint density at radius 2 is 1.13 bits per heavy atom. The zero-order valence-corrected chi connectivity index (χ0v) is 23.9. The monoisotopic (exact) mass is 476 g/mol. The largest absolute Gasteiger partial charge is 0.393 e. The van der Waals surface area contributed by atoms with E-state index in [4.69, 9.17) is 21.5 Å². The molecule has 0 radical (unpaired) electrons. The van der Waals surface area contributed by atoms with E-state index in [1.807, 2.05) is 0 Å². The number of hydrogen-bond donors (Lipinski definition) is 1. The lowest BCUT2D eigenvalue weighted by molar-refractivity contribution is 0.143. The van der Waals surface area contributed by atoms with Gasteiger partial charge >= 0.3 is 8.56 Å². The lowest BCUT2D eigenvalue weighted by Crippen LogP contribution is -2.45. The SMILES string of the molecule is CCCCCCCCCCCC[Si](CCC(S)CC)(OCCN(C)C)OCCN(C)C. The van der Waals surface area contributed by atoms with Gasteiger partial charge in [-0.3, -0.25) is 0 Å². The molecule has 188 valence electrons. The maximum atomic E-state index is 6.62. The van der Waals surface area contributed by atoms with Crippen LogP contribution in [-0.4, -0.2) is 78.1 Å². The first-order chi connectivity index (χ1) is 14.8. The minimum absolute atomic E-state index is 0.453. The van der Waals surface area contributed by atoms with Gasteiger partial charge in [0.1, 0.15) is 0 Å². The van der Waals surface area contributed by atoms with Crippen LogP contribution in [0.1, 0.15) is 90.9 Å². The number of thiol groups is 1. The Hall–Kier alpha value is 0.407. The third-order valence-electron chi connectivity index (χ3n) is 6.05. The Morgan fingerprint density at radius 3 is 1.55 bits per heavy atom. The summed E-state index contributed by atoms with van der Waals surface area (Å²) in [7, 11) is 6.25. The number of hydrogen-bond acceptors (Lipinski definition) is 5. The molecule has 0 aromatic heterocycles. The second kappa shape index (κ2) is 21.0. The molecule has 0 amide bonds. The summed E-state index contributed by atoms with van der Waals surface area (Å²) >= 11 is 4.76. The summed E-state index contributed by atoms with van der Waals surface area (Å²) in [5.41, 5.74) is 0. The van der Waals surface area contributed by atoms with Crippen molar-refractivity contribution >= 4 is 21.2 Å².